The molecule has 1 atom stereocenters. The van der Waals surface area contributed by atoms with Crippen molar-refractivity contribution in [2.45, 2.75) is 12.5 Å². The van der Waals surface area contributed by atoms with Crippen LogP contribution in [0.15, 0.2) is 54.6 Å². The molecule has 0 aliphatic carbocycles. The van der Waals surface area contributed by atoms with E-state index in [4.69, 9.17) is 11.6 Å². The number of hydrogen-bond acceptors (Lipinski definition) is 1. The van der Waals surface area contributed by atoms with E-state index in [1.54, 1.807) is 0 Å². The van der Waals surface area contributed by atoms with Crippen LogP contribution in [0, 0.1) is 0 Å². The van der Waals surface area contributed by atoms with Crippen molar-refractivity contribution in [3.8, 4) is 0 Å². The van der Waals surface area contributed by atoms with Crippen LogP contribution in [0.3, 0.4) is 0 Å². The Hall–Kier alpha value is -1.31. The van der Waals surface area contributed by atoms with Crippen LogP contribution in [-0.4, -0.2) is 7.05 Å². The van der Waals surface area contributed by atoms with E-state index < -0.39 is 0 Å². The highest BCUT2D eigenvalue weighted by Crippen LogP contribution is 2.19. The van der Waals surface area contributed by atoms with Crippen LogP contribution < -0.4 is 5.32 Å². The molecule has 0 spiro atoms. The Morgan fingerprint density at radius 2 is 1.65 bits per heavy atom. The van der Waals surface area contributed by atoms with Gasteiger partial charge in [-0.1, -0.05) is 54.1 Å². The van der Waals surface area contributed by atoms with Gasteiger partial charge in [0.1, 0.15) is 0 Å². The fourth-order valence-electron chi connectivity index (χ4n) is 1.93. The second kappa shape index (κ2) is 5.85. The predicted molar refractivity (Wildman–Crippen MR) is 73.4 cm³/mol. The van der Waals surface area contributed by atoms with Crippen LogP contribution in [0.2, 0.25) is 5.02 Å². The summed E-state index contributed by atoms with van der Waals surface area (Å²) in [6.07, 6.45) is 0.970. The number of halogens is 1. The third kappa shape index (κ3) is 3.32. The Bertz CT molecular complexity index is 450. The van der Waals surface area contributed by atoms with Crippen molar-refractivity contribution < 1.29 is 0 Å². The standard InChI is InChI=1S/C15H16ClN/c1-17-15(13-5-3-2-4-6-13)11-12-7-9-14(16)10-8-12/h2-10,15,17H,11H2,1H3. The Kier molecular flexibility index (Phi) is 4.18. The molecule has 0 aliphatic heterocycles. The molecule has 0 bridgehead atoms. The smallest absolute Gasteiger partial charge is 0.0406 e. The molecule has 0 amide bonds. The highest BCUT2D eigenvalue weighted by atomic mass is 35.5. The van der Waals surface area contributed by atoms with Crippen molar-refractivity contribution in [3.05, 3.63) is 70.7 Å². The van der Waals surface area contributed by atoms with Crippen molar-refractivity contribution in [1.29, 1.82) is 0 Å². The lowest BCUT2D eigenvalue weighted by molar-refractivity contribution is 0.592. The van der Waals surface area contributed by atoms with Crippen LogP contribution in [0.5, 0.6) is 0 Å². The maximum Gasteiger partial charge on any atom is 0.0406 e. The maximum absolute atomic E-state index is 5.88. The summed E-state index contributed by atoms with van der Waals surface area (Å²) >= 11 is 5.88. The fourth-order valence-corrected chi connectivity index (χ4v) is 2.05. The molecular weight excluding hydrogens is 230 g/mol. The summed E-state index contributed by atoms with van der Waals surface area (Å²) in [5.41, 5.74) is 2.60. The molecule has 2 heteroatoms. The zero-order valence-corrected chi connectivity index (χ0v) is 10.6. The largest absolute Gasteiger partial charge is 0.313 e. The Morgan fingerprint density at radius 1 is 1.00 bits per heavy atom. The van der Waals surface area contributed by atoms with E-state index in [1.165, 1.54) is 11.1 Å². The highest BCUT2D eigenvalue weighted by molar-refractivity contribution is 6.30. The first kappa shape index (κ1) is 12.2. The third-order valence-electron chi connectivity index (χ3n) is 2.90. The first-order valence-electron chi connectivity index (χ1n) is 5.76. The van der Waals surface area contributed by atoms with Gasteiger partial charge < -0.3 is 5.32 Å². The van der Waals surface area contributed by atoms with Gasteiger partial charge in [0.2, 0.25) is 0 Å². The quantitative estimate of drug-likeness (QED) is 0.863. The summed E-state index contributed by atoms with van der Waals surface area (Å²) < 4.78 is 0. The number of benzene rings is 2. The molecule has 0 radical (unpaired) electrons. The van der Waals surface area contributed by atoms with Gasteiger partial charge in [0, 0.05) is 11.1 Å². The minimum absolute atomic E-state index is 0.345. The van der Waals surface area contributed by atoms with E-state index in [0.29, 0.717) is 6.04 Å². The zero-order chi connectivity index (χ0) is 12.1. The second-order valence-electron chi connectivity index (χ2n) is 4.08. The summed E-state index contributed by atoms with van der Waals surface area (Å²) in [5.74, 6) is 0. The van der Waals surface area contributed by atoms with Crippen LogP contribution in [0.1, 0.15) is 17.2 Å². The molecule has 1 N–H and O–H groups in total. The molecular formula is C15H16ClN. The topological polar surface area (TPSA) is 12.0 Å². The highest BCUT2D eigenvalue weighted by Gasteiger charge is 2.09. The van der Waals surface area contributed by atoms with E-state index in [9.17, 15) is 0 Å². The first-order valence-corrected chi connectivity index (χ1v) is 6.14. The number of rotatable bonds is 4. The van der Waals surface area contributed by atoms with E-state index in [-0.39, 0.29) is 0 Å². The number of likely N-dealkylation sites (N-methyl/N-ethyl adjacent to an activating group) is 1. The van der Waals surface area contributed by atoms with Gasteiger partial charge in [0.25, 0.3) is 0 Å². The molecule has 17 heavy (non-hydrogen) atoms. The summed E-state index contributed by atoms with van der Waals surface area (Å²) in [6.45, 7) is 0. The fraction of sp³-hybridized carbons (Fsp3) is 0.200. The van der Waals surface area contributed by atoms with E-state index in [1.807, 2.05) is 25.2 Å². The predicted octanol–water partition coefficient (Wildman–Crippen LogP) is 3.84. The second-order valence-corrected chi connectivity index (χ2v) is 4.52. The third-order valence-corrected chi connectivity index (χ3v) is 3.16. The van der Waals surface area contributed by atoms with E-state index in [0.717, 1.165) is 11.4 Å². The molecule has 0 aromatic heterocycles. The van der Waals surface area contributed by atoms with Crippen molar-refractivity contribution >= 4 is 11.6 Å². The zero-order valence-electron chi connectivity index (χ0n) is 9.86. The summed E-state index contributed by atoms with van der Waals surface area (Å²) in [5, 5.41) is 4.13. The molecule has 2 aromatic carbocycles. The molecule has 1 unspecified atom stereocenters. The molecule has 0 saturated carbocycles. The first-order chi connectivity index (χ1) is 8.29. The summed E-state index contributed by atoms with van der Waals surface area (Å²) in [4.78, 5) is 0. The average Bonchev–Trinajstić information content (AvgIpc) is 2.39. The Morgan fingerprint density at radius 3 is 2.24 bits per heavy atom. The molecule has 88 valence electrons. The maximum atomic E-state index is 5.88. The van der Waals surface area contributed by atoms with Gasteiger partial charge in [-0.3, -0.25) is 0 Å². The van der Waals surface area contributed by atoms with Gasteiger partial charge in [0.15, 0.2) is 0 Å². The number of nitrogens with one attached hydrogen (secondary N) is 1. The van der Waals surface area contributed by atoms with Gasteiger partial charge in [0.05, 0.1) is 0 Å². The molecule has 0 saturated heterocycles. The lowest BCUT2D eigenvalue weighted by Crippen LogP contribution is -2.18. The van der Waals surface area contributed by atoms with Gasteiger partial charge in [-0.2, -0.15) is 0 Å². The van der Waals surface area contributed by atoms with Gasteiger partial charge in [-0.05, 0) is 36.7 Å². The minimum Gasteiger partial charge on any atom is -0.313 e. The lowest BCUT2D eigenvalue weighted by atomic mass is 9.99. The molecule has 1 nitrogen and oxygen atoms in total. The van der Waals surface area contributed by atoms with Crippen molar-refractivity contribution in [2.24, 2.45) is 0 Å². The average molecular weight is 246 g/mol. The normalized spacial score (nSPS) is 12.4. The van der Waals surface area contributed by atoms with Gasteiger partial charge >= 0.3 is 0 Å². The monoisotopic (exact) mass is 245 g/mol. The molecule has 0 fully saturated rings. The van der Waals surface area contributed by atoms with Crippen LogP contribution in [-0.2, 0) is 6.42 Å². The van der Waals surface area contributed by atoms with E-state index >= 15 is 0 Å². The summed E-state index contributed by atoms with van der Waals surface area (Å²) in [6, 6.07) is 18.9. The van der Waals surface area contributed by atoms with Gasteiger partial charge in [-0.25, -0.2) is 0 Å². The Balaban J connectivity index is 2.13. The van der Waals surface area contributed by atoms with Crippen LogP contribution in [0.25, 0.3) is 0 Å². The molecule has 0 aliphatic rings. The van der Waals surface area contributed by atoms with Crippen LogP contribution >= 0.6 is 11.6 Å². The van der Waals surface area contributed by atoms with Crippen molar-refractivity contribution in [2.75, 3.05) is 7.05 Å². The van der Waals surface area contributed by atoms with Gasteiger partial charge in [-0.15, -0.1) is 0 Å². The van der Waals surface area contributed by atoms with Crippen LogP contribution in [0.4, 0.5) is 0 Å². The molecule has 2 rings (SSSR count). The Labute approximate surface area is 107 Å². The van der Waals surface area contributed by atoms with Crippen molar-refractivity contribution in [3.63, 3.8) is 0 Å². The van der Waals surface area contributed by atoms with E-state index in [2.05, 4.69) is 41.7 Å². The number of hydrogen-bond donors (Lipinski definition) is 1. The minimum atomic E-state index is 0.345. The van der Waals surface area contributed by atoms with Crippen molar-refractivity contribution in [1.82, 2.24) is 5.32 Å². The lowest BCUT2D eigenvalue weighted by Gasteiger charge is -2.16. The SMILES string of the molecule is CNC(Cc1ccc(Cl)cc1)c1ccccc1. The molecule has 0 heterocycles. The molecule has 2 aromatic rings. The summed E-state index contributed by atoms with van der Waals surface area (Å²) in [7, 11) is 1.99.